The molecule has 0 saturated heterocycles. The third-order valence-electron chi connectivity index (χ3n) is 3.66. The minimum absolute atomic E-state index is 0.631. The highest BCUT2D eigenvalue weighted by atomic mass is 16.5. The van der Waals surface area contributed by atoms with Gasteiger partial charge in [-0.05, 0) is 38.4 Å². The monoisotopic (exact) mass is 314 g/mol. The van der Waals surface area contributed by atoms with Crippen LogP contribution >= 0.6 is 0 Å². The molecule has 0 radical (unpaired) electrons. The lowest BCUT2D eigenvalue weighted by Gasteiger charge is -2.05. The standard InChI is InChI=1S/C18H22N2O3/c1-19-7-9-21-13-3-5-15-16-6-4-14(22-10-8-20-2)12-18(16)23-17(15)11-13/h3-6,11-12,19-20H,7-10H2,1-2H3. The van der Waals surface area contributed by atoms with Crippen LogP contribution in [0.15, 0.2) is 40.8 Å². The summed E-state index contributed by atoms with van der Waals surface area (Å²) in [7, 11) is 3.81. The molecule has 2 aromatic carbocycles. The molecule has 3 rings (SSSR count). The third-order valence-corrected chi connectivity index (χ3v) is 3.66. The molecule has 0 bridgehead atoms. The molecule has 0 aliphatic rings. The summed E-state index contributed by atoms with van der Waals surface area (Å²) in [4.78, 5) is 0. The summed E-state index contributed by atoms with van der Waals surface area (Å²) < 4.78 is 17.3. The van der Waals surface area contributed by atoms with Gasteiger partial charge in [0.1, 0.15) is 35.9 Å². The van der Waals surface area contributed by atoms with E-state index in [0.717, 1.165) is 46.5 Å². The summed E-state index contributed by atoms with van der Waals surface area (Å²) in [6.07, 6.45) is 0. The highest BCUT2D eigenvalue weighted by Gasteiger charge is 2.09. The van der Waals surface area contributed by atoms with Crippen LogP contribution in [0, 0.1) is 0 Å². The summed E-state index contributed by atoms with van der Waals surface area (Å²) in [5, 5.41) is 8.29. The highest BCUT2D eigenvalue weighted by molar-refractivity contribution is 6.05. The van der Waals surface area contributed by atoms with Crippen molar-refractivity contribution in [3.05, 3.63) is 36.4 Å². The van der Waals surface area contributed by atoms with E-state index in [-0.39, 0.29) is 0 Å². The Balaban J connectivity index is 1.84. The van der Waals surface area contributed by atoms with E-state index < -0.39 is 0 Å². The fraction of sp³-hybridized carbons (Fsp3) is 0.333. The number of benzene rings is 2. The minimum atomic E-state index is 0.631. The average molecular weight is 314 g/mol. The van der Waals surface area contributed by atoms with Gasteiger partial charge >= 0.3 is 0 Å². The smallest absolute Gasteiger partial charge is 0.139 e. The summed E-state index contributed by atoms with van der Waals surface area (Å²) in [6, 6.07) is 11.9. The Hall–Kier alpha value is -2.24. The number of hydrogen-bond donors (Lipinski definition) is 2. The van der Waals surface area contributed by atoms with Gasteiger partial charge in [0.05, 0.1) is 0 Å². The fourth-order valence-corrected chi connectivity index (χ4v) is 2.46. The fourth-order valence-electron chi connectivity index (χ4n) is 2.46. The zero-order valence-electron chi connectivity index (χ0n) is 13.5. The molecule has 0 amide bonds. The molecule has 122 valence electrons. The van der Waals surface area contributed by atoms with Gasteiger partial charge in [0.2, 0.25) is 0 Å². The van der Waals surface area contributed by atoms with E-state index in [1.165, 1.54) is 0 Å². The molecule has 0 aliphatic carbocycles. The van der Waals surface area contributed by atoms with Crippen molar-refractivity contribution in [2.45, 2.75) is 0 Å². The first kappa shape index (κ1) is 15.6. The number of likely N-dealkylation sites (N-methyl/N-ethyl adjacent to an activating group) is 2. The SMILES string of the molecule is CNCCOc1ccc2c(c1)oc1cc(OCCNC)ccc12. The zero-order chi connectivity index (χ0) is 16.1. The minimum Gasteiger partial charge on any atom is -0.492 e. The number of hydrogen-bond acceptors (Lipinski definition) is 5. The molecule has 1 aromatic heterocycles. The second-order valence-corrected chi connectivity index (χ2v) is 5.32. The van der Waals surface area contributed by atoms with Gasteiger partial charge in [0.25, 0.3) is 0 Å². The molecule has 0 aliphatic heterocycles. The van der Waals surface area contributed by atoms with Gasteiger partial charge in [0.15, 0.2) is 0 Å². The van der Waals surface area contributed by atoms with Crippen LogP contribution in [-0.2, 0) is 0 Å². The summed E-state index contributed by atoms with van der Waals surface area (Å²) in [5.41, 5.74) is 1.66. The Morgan fingerprint density at radius 3 is 1.70 bits per heavy atom. The van der Waals surface area contributed by atoms with Crippen LogP contribution in [0.5, 0.6) is 11.5 Å². The zero-order valence-corrected chi connectivity index (χ0v) is 13.5. The second kappa shape index (κ2) is 7.35. The molecule has 0 fully saturated rings. The molecule has 23 heavy (non-hydrogen) atoms. The molecular weight excluding hydrogens is 292 g/mol. The number of nitrogens with one attached hydrogen (secondary N) is 2. The maximum absolute atomic E-state index is 5.96. The highest BCUT2D eigenvalue weighted by Crippen LogP contribution is 2.33. The van der Waals surface area contributed by atoms with Gasteiger partial charge in [-0.3, -0.25) is 0 Å². The topological polar surface area (TPSA) is 55.7 Å². The van der Waals surface area contributed by atoms with Crippen molar-refractivity contribution < 1.29 is 13.9 Å². The second-order valence-electron chi connectivity index (χ2n) is 5.32. The van der Waals surface area contributed by atoms with E-state index in [4.69, 9.17) is 13.9 Å². The van der Waals surface area contributed by atoms with Gasteiger partial charge in [0, 0.05) is 36.0 Å². The van der Waals surface area contributed by atoms with Crippen LogP contribution in [0.2, 0.25) is 0 Å². The summed E-state index contributed by atoms with van der Waals surface area (Å²) >= 11 is 0. The van der Waals surface area contributed by atoms with E-state index in [1.807, 2.05) is 50.5 Å². The number of rotatable bonds is 8. The van der Waals surface area contributed by atoms with Gasteiger partial charge in [-0.25, -0.2) is 0 Å². The molecule has 3 aromatic rings. The number of furan rings is 1. The molecule has 5 heteroatoms. The Morgan fingerprint density at radius 2 is 1.26 bits per heavy atom. The molecule has 5 nitrogen and oxygen atoms in total. The maximum atomic E-state index is 5.96. The van der Waals surface area contributed by atoms with Crippen LogP contribution in [-0.4, -0.2) is 40.4 Å². The lowest BCUT2D eigenvalue weighted by molar-refractivity contribution is 0.318. The van der Waals surface area contributed by atoms with Crippen molar-refractivity contribution in [1.29, 1.82) is 0 Å². The first-order valence-electron chi connectivity index (χ1n) is 7.83. The number of fused-ring (bicyclic) bond motifs is 3. The predicted octanol–water partition coefficient (Wildman–Crippen LogP) is 2.78. The molecule has 0 atom stereocenters. The van der Waals surface area contributed by atoms with E-state index in [1.54, 1.807) is 0 Å². The van der Waals surface area contributed by atoms with Crippen molar-refractivity contribution >= 4 is 21.9 Å². The van der Waals surface area contributed by atoms with Gasteiger partial charge in [-0.2, -0.15) is 0 Å². The van der Waals surface area contributed by atoms with Crippen LogP contribution < -0.4 is 20.1 Å². The van der Waals surface area contributed by atoms with Crippen LogP contribution in [0.4, 0.5) is 0 Å². The van der Waals surface area contributed by atoms with Crippen molar-refractivity contribution in [2.24, 2.45) is 0 Å². The largest absolute Gasteiger partial charge is 0.492 e. The summed E-state index contributed by atoms with van der Waals surface area (Å²) in [6.45, 7) is 2.88. The van der Waals surface area contributed by atoms with Gasteiger partial charge < -0.3 is 24.5 Å². The molecular formula is C18H22N2O3. The van der Waals surface area contributed by atoms with Crippen molar-refractivity contribution in [1.82, 2.24) is 10.6 Å². The van der Waals surface area contributed by atoms with E-state index in [2.05, 4.69) is 10.6 Å². The molecule has 0 spiro atoms. The summed E-state index contributed by atoms with van der Waals surface area (Å²) in [5.74, 6) is 1.63. The van der Waals surface area contributed by atoms with Crippen molar-refractivity contribution in [3.8, 4) is 11.5 Å². The Labute approximate surface area is 135 Å². The Morgan fingerprint density at radius 1 is 0.783 bits per heavy atom. The van der Waals surface area contributed by atoms with Crippen molar-refractivity contribution in [3.63, 3.8) is 0 Å². The predicted molar refractivity (Wildman–Crippen MR) is 92.6 cm³/mol. The maximum Gasteiger partial charge on any atom is 0.139 e. The molecule has 2 N–H and O–H groups in total. The van der Waals surface area contributed by atoms with Crippen LogP contribution in [0.1, 0.15) is 0 Å². The van der Waals surface area contributed by atoms with Gasteiger partial charge in [-0.1, -0.05) is 0 Å². The Bertz CT molecular complexity index is 718. The van der Waals surface area contributed by atoms with E-state index in [0.29, 0.717) is 13.2 Å². The third kappa shape index (κ3) is 3.57. The molecule has 0 saturated carbocycles. The Kier molecular flexibility index (Phi) is 5.00. The lowest BCUT2D eigenvalue weighted by Crippen LogP contribution is -2.15. The lowest BCUT2D eigenvalue weighted by atomic mass is 10.1. The average Bonchev–Trinajstić information content (AvgIpc) is 2.92. The number of ether oxygens (including phenoxy) is 2. The first-order valence-corrected chi connectivity index (χ1v) is 7.83. The van der Waals surface area contributed by atoms with E-state index >= 15 is 0 Å². The van der Waals surface area contributed by atoms with Gasteiger partial charge in [-0.15, -0.1) is 0 Å². The molecule has 0 unspecified atom stereocenters. The van der Waals surface area contributed by atoms with Crippen molar-refractivity contribution in [2.75, 3.05) is 40.4 Å². The normalized spacial score (nSPS) is 11.2. The first-order chi connectivity index (χ1) is 11.3. The molecule has 1 heterocycles. The quantitative estimate of drug-likeness (QED) is 0.626. The van der Waals surface area contributed by atoms with Crippen LogP contribution in [0.3, 0.4) is 0 Å². The van der Waals surface area contributed by atoms with E-state index in [9.17, 15) is 0 Å². The van der Waals surface area contributed by atoms with Crippen LogP contribution in [0.25, 0.3) is 21.9 Å².